The Balaban J connectivity index is 1.25. The fourth-order valence-corrected chi connectivity index (χ4v) is 10.0. The van der Waals surface area contributed by atoms with Crippen molar-refractivity contribution in [3.63, 3.8) is 0 Å². The van der Waals surface area contributed by atoms with Crippen LogP contribution in [0.25, 0.3) is 0 Å². The normalized spacial score (nSPS) is 23.9. The first-order valence-corrected chi connectivity index (χ1v) is 16.3. The van der Waals surface area contributed by atoms with Gasteiger partial charge in [-0.05, 0) is 26.3 Å². The van der Waals surface area contributed by atoms with Crippen LogP contribution in [-0.4, -0.2) is 76.4 Å². The molecule has 15 heteroatoms. The molecule has 3 aromatic rings. The summed E-state index contributed by atoms with van der Waals surface area (Å²) in [5.74, 6) is 1.98. The summed E-state index contributed by atoms with van der Waals surface area (Å²) in [6, 6.07) is 4.45. The zero-order valence-electron chi connectivity index (χ0n) is 24.5. The molecule has 0 amide bonds. The molecule has 12 nitrogen and oxygen atoms in total. The molecule has 1 unspecified atom stereocenters. The maximum absolute atomic E-state index is 14.5. The molecule has 0 saturated carbocycles. The highest BCUT2D eigenvalue weighted by atomic mass is 32.2. The highest BCUT2D eigenvalue weighted by molar-refractivity contribution is 8.00. The second kappa shape index (κ2) is 10.6. The van der Waals surface area contributed by atoms with Gasteiger partial charge in [-0.2, -0.15) is 20.5 Å². The molecule has 0 aromatic carbocycles. The van der Waals surface area contributed by atoms with Gasteiger partial charge in [0.05, 0.1) is 21.9 Å². The van der Waals surface area contributed by atoms with Gasteiger partial charge in [-0.1, -0.05) is 0 Å². The summed E-state index contributed by atoms with van der Waals surface area (Å²) < 4.78 is 20.5. The lowest BCUT2D eigenvalue weighted by Crippen LogP contribution is -2.57. The molecule has 3 aromatic heterocycles. The molecule has 1 spiro atoms. The monoisotopic (exact) mass is 633 g/mol. The Bertz CT molecular complexity index is 1710. The second-order valence-corrected chi connectivity index (χ2v) is 14.5. The van der Waals surface area contributed by atoms with Crippen molar-refractivity contribution in [3.05, 3.63) is 39.7 Å². The van der Waals surface area contributed by atoms with Gasteiger partial charge in [-0.15, -0.1) is 23.1 Å². The van der Waals surface area contributed by atoms with Gasteiger partial charge < -0.3 is 26.0 Å². The van der Waals surface area contributed by atoms with Gasteiger partial charge in [0.1, 0.15) is 47.6 Å². The molecule has 3 saturated heterocycles. The van der Waals surface area contributed by atoms with Crippen LogP contribution in [0.2, 0.25) is 0 Å². The van der Waals surface area contributed by atoms with Gasteiger partial charge in [-0.25, -0.2) is 14.4 Å². The number of hydrogen-bond acceptors (Lipinski definition) is 14. The largest absolute Gasteiger partial charge is 0.461 e. The third-order valence-corrected chi connectivity index (χ3v) is 12.2. The molecule has 0 radical (unpaired) electrons. The van der Waals surface area contributed by atoms with Crippen LogP contribution >= 0.6 is 23.1 Å². The van der Waals surface area contributed by atoms with Gasteiger partial charge >= 0.3 is 6.01 Å². The predicted molar refractivity (Wildman–Crippen MR) is 167 cm³/mol. The summed E-state index contributed by atoms with van der Waals surface area (Å²) in [4.78, 5) is 25.0. The molecule has 0 bridgehead atoms. The quantitative estimate of drug-likeness (QED) is 0.389. The van der Waals surface area contributed by atoms with Crippen molar-refractivity contribution < 1.29 is 9.13 Å². The number of nitrogen functional groups attached to an aromatic ring is 2. The first-order chi connectivity index (χ1) is 21.2. The average molecular weight is 634 g/mol. The zero-order valence-corrected chi connectivity index (χ0v) is 26.1. The van der Waals surface area contributed by atoms with Gasteiger partial charge in [0.15, 0.2) is 11.6 Å². The number of hydrogen-bond donors (Lipinski definition) is 2. The molecular weight excluding hydrogens is 602 g/mol. The van der Waals surface area contributed by atoms with E-state index in [2.05, 4.69) is 27.0 Å². The van der Waals surface area contributed by atoms with E-state index in [-0.39, 0.29) is 28.9 Å². The van der Waals surface area contributed by atoms with E-state index < -0.39 is 6.17 Å². The highest BCUT2D eigenvalue weighted by Gasteiger charge is 2.53. The van der Waals surface area contributed by atoms with Gasteiger partial charge in [-0.3, -0.25) is 4.90 Å². The Morgan fingerprint density at radius 2 is 2.05 bits per heavy atom. The average Bonchev–Trinajstić information content (AvgIpc) is 3.72. The number of nitrogens with zero attached hydrogens (tertiary/aromatic N) is 9. The molecule has 3 atom stereocenters. The topological polar surface area (TPSA) is 170 Å². The molecular formula is C29H32FN11OS2. The summed E-state index contributed by atoms with van der Waals surface area (Å²) in [5.41, 5.74) is 14.6. The minimum absolute atomic E-state index is 0.132. The van der Waals surface area contributed by atoms with Crippen molar-refractivity contribution in [2.75, 3.05) is 61.1 Å². The summed E-state index contributed by atoms with van der Waals surface area (Å²) in [5, 5.41) is 20.9. The van der Waals surface area contributed by atoms with E-state index in [9.17, 15) is 14.9 Å². The maximum Gasteiger partial charge on any atom is 0.320 e. The van der Waals surface area contributed by atoms with E-state index in [4.69, 9.17) is 26.2 Å². The molecule has 3 fully saturated rings. The van der Waals surface area contributed by atoms with Crippen LogP contribution in [0.3, 0.4) is 0 Å². The Morgan fingerprint density at radius 1 is 1.25 bits per heavy atom. The number of nitrogens with two attached hydrogens (primary N) is 2. The summed E-state index contributed by atoms with van der Waals surface area (Å²) >= 11 is 3.28. The summed E-state index contributed by atoms with van der Waals surface area (Å²) in [7, 11) is 1.83. The van der Waals surface area contributed by atoms with Gasteiger partial charge in [0, 0.05) is 61.1 Å². The maximum atomic E-state index is 14.5. The Kier molecular flexibility index (Phi) is 6.95. The summed E-state index contributed by atoms with van der Waals surface area (Å²) in [6.45, 7) is 4.58. The number of thiophene rings is 1. The van der Waals surface area contributed by atoms with E-state index in [1.54, 1.807) is 18.0 Å². The van der Waals surface area contributed by atoms with Crippen molar-refractivity contribution in [2.45, 2.75) is 54.4 Å². The van der Waals surface area contributed by atoms with Gasteiger partial charge in [0.2, 0.25) is 0 Å². The number of fused-ring (bicyclic) bond motifs is 3. The molecule has 0 aliphatic carbocycles. The van der Waals surface area contributed by atoms with Crippen LogP contribution in [0, 0.1) is 22.7 Å². The van der Waals surface area contributed by atoms with Crippen LogP contribution < -0.4 is 26.0 Å². The van der Waals surface area contributed by atoms with E-state index >= 15 is 0 Å². The lowest BCUT2D eigenvalue weighted by molar-refractivity contribution is 0.107. The van der Waals surface area contributed by atoms with E-state index in [0.717, 1.165) is 35.6 Å². The number of thioether (sulfide) groups is 1. The zero-order chi connectivity index (χ0) is 30.8. The third-order valence-electron chi connectivity index (χ3n) is 9.58. The molecule has 7 heterocycles. The molecule has 44 heavy (non-hydrogen) atoms. The number of rotatable bonds is 7. The Labute approximate surface area is 262 Å². The van der Waals surface area contributed by atoms with E-state index in [1.165, 1.54) is 17.7 Å². The number of anilines is 4. The number of aromatic nitrogens is 4. The van der Waals surface area contributed by atoms with Crippen molar-refractivity contribution in [3.8, 4) is 18.1 Å². The number of nitriles is 2. The minimum atomic E-state index is -0.882. The smallest absolute Gasteiger partial charge is 0.320 e. The predicted octanol–water partition coefficient (Wildman–Crippen LogP) is 3.35. The Hall–Kier alpha value is -3.92. The highest BCUT2D eigenvalue weighted by Crippen LogP contribution is 2.58. The van der Waals surface area contributed by atoms with Crippen molar-refractivity contribution >= 4 is 45.6 Å². The van der Waals surface area contributed by atoms with Crippen molar-refractivity contribution in [1.29, 1.82) is 10.5 Å². The third kappa shape index (κ3) is 4.40. The van der Waals surface area contributed by atoms with Crippen LogP contribution in [-0.2, 0) is 10.5 Å². The SMILES string of the molecule is CC(c1cncnc1N)N(C)c1nc(OC[C@@]23CCCN2C[C@H](F)C3)nc(N2CC3(C2)SCc2sc(N)c(C#N)c23)c1C#N. The van der Waals surface area contributed by atoms with Crippen LogP contribution in [0.15, 0.2) is 12.5 Å². The van der Waals surface area contributed by atoms with Crippen LogP contribution in [0.5, 0.6) is 6.01 Å². The summed E-state index contributed by atoms with van der Waals surface area (Å²) in [6.07, 6.45) is 4.44. The van der Waals surface area contributed by atoms with E-state index in [0.29, 0.717) is 65.2 Å². The second-order valence-electron chi connectivity index (χ2n) is 12.0. The van der Waals surface area contributed by atoms with Crippen LogP contribution in [0.1, 0.15) is 59.4 Å². The fraction of sp³-hybridized carbons (Fsp3) is 0.517. The molecule has 7 rings (SSSR count). The standard InChI is InChI=1S/C29H32FN11OS2/c1-16(20-9-35-15-36-23(20)33)39(2)25-19(8-32)26(38-27(37-25)42-14-28-4-3-5-41(28)10-17(30)6-28)40-12-29(13-40)22-18(7-31)24(34)44-21(22)11-43-29/h9,15-17H,3-6,10-14,34H2,1-2H3,(H2,33,35,36)/t16?,17-,28+/m1/s1. The molecule has 4 aliphatic rings. The van der Waals surface area contributed by atoms with E-state index in [1.807, 2.05) is 23.8 Å². The Morgan fingerprint density at radius 3 is 2.80 bits per heavy atom. The molecule has 4 N–H and O–H groups in total. The molecule has 228 valence electrons. The number of ether oxygens (including phenoxy) is 1. The lowest BCUT2D eigenvalue weighted by atomic mass is 9.88. The first-order valence-electron chi connectivity index (χ1n) is 14.5. The first kappa shape index (κ1) is 28.8. The fourth-order valence-electron chi connectivity index (χ4n) is 7.22. The van der Waals surface area contributed by atoms with Crippen molar-refractivity contribution in [2.24, 2.45) is 0 Å². The van der Waals surface area contributed by atoms with Gasteiger partial charge in [0.25, 0.3) is 0 Å². The lowest BCUT2D eigenvalue weighted by Gasteiger charge is -2.48. The number of alkyl halides is 1. The minimum Gasteiger partial charge on any atom is -0.461 e. The number of halogens is 1. The van der Waals surface area contributed by atoms with Crippen molar-refractivity contribution in [1.82, 2.24) is 24.8 Å². The molecule has 4 aliphatic heterocycles. The van der Waals surface area contributed by atoms with Crippen LogP contribution in [0.4, 0.5) is 26.8 Å².